The van der Waals surface area contributed by atoms with Crippen molar-refractivity contribution < 1.29 is 9.66 Å². The minimum atomic E-state index is -0.566. The van der Waals surface area contributed by atoms with Gasteiger partial charge in [0.25, 0.3) is 5.69 Å². The highest BCUT2D eigenvalue weighted by molar-refractivity contribution is 5.52. The van der Waals surface area contributed by atoms with E-state index in [1.165, 1.54) is 18.2 Å². The Morgan fingerprint density at radius 1 is 1.50 bits per heavy atom. The third-order valence-electron chi connectivity index (χ3n) is 1.62. The third-order valence-corrected chi connectivity index (χ3v) is 1.62. The highest BCUT2D eigenvalue weighted by Crippen LogP contribution is 2.28. The van der Waals surface area contributed by atoms with Gasteiger partial charge in [-0.1, -0.05) is 5.11 Å². The molecule has 84 valence electrons. The number of ether oxygens (including phenoxy) is 1. The fourth-order valence-electron chi connectivity index (χ4n) is 1.12. The van der Waals surface area contributed by atoms with Crippen LogP contribution < -0.4 is 4.74 Å². The first-order valence-corrected chi connectivity index (χ1v) is 4.54. The summed E-state index contributed by atoms with van der Waals surface area (Å²) in [7, 11) is 0. The Kier molecular flexibility index (Phi) is 3.68. The highest BCUT2D eigenvalue weighted by atomic mass is 16.6. The molecule has 1 rings (SSSR count). The van der Waals surface area contributed by atoms with Crippen LogP contribution in [0.4, 0.5) is 11.4 Å². The maximum Gasteiger partial charge on any atom is 0.273 e. The van der Waals surface area contributed by atoms with Crippen LogP contribution in [0.2, 0.25) is 0 Å². The van der Waals surface area contributed by atoms with E-state index in [1.807, 2.05) is 0 Å². The van der Waals surface area contributed by atoms with Crippen molar-refractivity contribution in [1.29, 1.82) is 0 Å². The average molecular weight is 222 g/mol. The number of hydrogen-bond acceptors (Lipinski definition) is 4. The van der Waals surface area contributed by atoms with E-state index in [2.05, 4.69) is 10.0 Å². The number of rotatable bonds is 4. The number of nitro groups is 1. The molecule has 0 fully saturated rings. The molecule has 7 heteroatoms. The van der Waals surface area contributed by atoms with E-state index >= 15 is 0 Å². The lowest BCUT2D eigenvalue weighted by molar-refractivity contribution is -0.384. The number of nitrogens with zero attached hydrogens (tertiary/aromatic N) is 4. The third kappa shape index (κ3) is 3.14. The van der Waals surface area contributed by atoms with Gasteiger partial charge in [0.15, 0.2) is 0 Å². The van der Waals surface area contributed by atoms with Crippen molar-refractivity contribution in [3.05, 3.63) is 38.8 Å². The quantitative estimate of drug-likeness (QED) is 0.256. The Labute approximate surface area is 91.4 Å². The molecule has 0 amide bonds. The first-order chi connectivity index (χ1) is 7.52. The van der Waals surface area contributed by atoms with Gasteiger partial charge in [-0.05, 0) is 25.4 Å². The van der Waals surface area contributed by atoms with Crippen LogP contribution in [-0.2, 0) is 0 Å². The van der Waals surface area contributed by atoms with Gasteiger partial charge >= 0.3 is 0 Å². The minimum Gasteiger partial charge on any atom is -0.491 e. The summed E-state index contributed by atoms with van der Waals surface area (Å²) in [6.45, 7) is 3.60. The summed E-state index contributed by atoms with van der Waals surface area (Å²) in [5, 5.41) is 13.9. The standard InChI is InChI=1S/C9H10N4O3/c1-6(2)16-9-4-7(11-12-10)3-8(5-9)13(14)15/h3-6H,1-2H3. The van der Waals surface area contributed by atoms with Gasteiger partial charge in [0.05, 0.1) is 17.1 Å². The topological polar surface area (TPSA) is 101 Å². The molecule has 0 spiro atoms. The molecule has 0 aliphatic heterocycles. The second kappa shape index (κ2) is 4.99. The predicted octanol–water partition coefficient (Wildman–Crippen LogP) is 3.32. The molecule has 0 heterocycles. The van der Waals surface area contributed by atoms with E-state index in [4.69, 9.17) is 10.3 Å². The molecule has 1 aromatic carbocycles. The molecule has 0 saturated heterocycles. The van der Waals surface area contributed by atoms with Crippen LogP contribution in [0.15, 0.2) is 23.3 Å². The van der Waals surface area contributed by atoms with Gasteiger partial charge in [0.2, 0.25) is 0 Å². The van der Waals surface area contributed by atoms with Crippen LogP contribution >= 0.6 is 0 Å². The lowest BCUT2D eigenvalue weighted by Gasteiger charge is -2.09. The Balaban J connectivity index is 3.18. The van der Waals surface area contributed by atoms with Gasteiger partial charge in [0.1, 0.15) is 5.75 Å². The fourth-order valence-corrected chi connectivity index (χ4v) is 1.12. The monoisotopic (exact) mass is 222 g/mol. The van der Waals surface area contributed by atoms with E-state index in [1.54, 1.807) is 13.8 Å². The van der Waals surface area contributed by atoms with E-state index in [-0.39, 0.29) is 17.5 Å². The van der Waals surface area contributed by atoms with Crippen molar-refractivity contribution >= 4 is 11.4 Å². The van der Waals surface area contributed by atoms with Crippen molar-refractivity contribution in [2.24, 2.45) is 5.11 Å². The van der Waals surface area contributed by atoms with E-state index in [0.717, 1.165) is 0 Å². The number of azide groups is 1. The van der Waals surface area contributed by atoms with Crippen molar-refractivity contribution in [3.63, 3.8) is 0 Å². The number of nitro benzene ring substituents is 1. The summed E-state index contributed by atoms with van der Waals surface area (Å²) in [5.41, 5.74) is 8.26. The SMILES string of the molecule is CC(C)Oc1cc(N=[N+]=[N-])cc([N+](=O)[O-])c1. The molecule has 0 bridgehead atoms. The highest BCUT2D eigenvalue weighted by Gasteiger charge is 2.10. The van der Waals surface area contributed by atoms with Gasteiger partial charge in [-0.25, -0.2) is 0 Å². The summed E-state index contributed by atoms with van der Waals surface area (Å²) < 4.78 is 5.30. The Morgan fingerprint density at radius 2 is 2.19 bits per heavy atom. The van der Waals surface area contributed by atoms with Crippen LogP contribution in [0.3, 0.4) is 0 Å². The molecule has 0 saturated carbocycles. The van der Waals surface area contributed by atoms with Gasteiger partial charge in [-0.15, -0.1) is 0 Å². The van der Waals surface area contributed by atoms with Crippen molar-refractivity contribution in [2.75, 3.05) is 0 Å². The molecular formula is C9H10N4O3. The Hall–Kier alpha value is -2.27. The van der Waals surface area contributed by atoms with Gasteiger partial charge < -0.3 is 4.74 Å². The maximum atomic E-state index is 10.6. The Bertz CT molecular complexity index is 432. The maximum absolute atomic E-state index is 10.6. The number of non-ortho nitro benzene ring substituents is 1. The second-order valence-electron chi connectivity index (χ2n) is 3.30. The van der Waals surface area contributed by atoms with Crippen molar-refractivity contribution in [2.45, 2.75) is 20.0 Å². The minimum absolute atomic E-state index is 0.110. The summed E-state index contributed by atoms with van der Waals surface area (Å²) in [5.74, 6) is 0.312. The lowest BCUT2D eigenvalue weighted by Crippen LogP contribution is -2.05. The largest absolute Gasteiger partial charge is 0.491 e. The van der Waals surface area contributed by atoms with Crippen LogP contribution in [0.25, 0.3) is 10.4 Å². The van der Waals surface area contributed by atoms with Crippen LogP contribution in [-0.4, -0.2) is 11.0 Å². The van der Waals surface area contributed by atoms with E-state index in [0.29, 0.717) is 5.75 Å². The molecule has 0 atom stereocenters. The molecule has 0 radical (unpaired) electrons. The molecule has 0 aliphatic carbocycles. The fraction of sp³-hybridized carbons (Fsp3) is 0.333. The normalized spacial score (nSPS) is 9.69. The van der Waals surface area contributed by atoms with Gasteiger partial charge in [0, 0.05) is 16.7 Å². The molecule has 0 aliphatic rings. The zero-order valence-corrected chi connectivity index (χ0v) is 8.82. The van der Waals surface area contributed by atoms with E-state index < -0.39 is 4.92 Å². The van der Waals surface area contributed by atoms with Crippen molar-refractivity contribution in [1.82, 2.24) is 0 Å². The average Bonchev–Trinajstić information content (AvgIpc) is 2.16. The zero-order chi connectivity index (χ0) is 12.1. The Morgan fingerprint density at radius 3 is 2.69 bits per heavy atom. The number of hydrogen-bond donors (Lipinski definition) is 0. The summed E-state index contributed by atoms with van der Waals surface area (Å²) in [4.78, 5) is 12.6. The molecule has 0 unspecified atom stereocenters. The number of benzene rings is 1. The molecule has 16 heavy (non-hydrogen) atoms. The van der Waals surface area contributed by atoms with E-state index in [9.17, 15) is 10.1 Å². The molecular weight excluding hydrogens is 212 g/mol. The lowest BCUT2D eigenvalue weighted by atomic mass is 10.2. The predicted molar refractivity (Wildman–Crippen MR) is 57.7 cm³/mol. The van der Waals surface area contributed by atoms with Crippen LogP contribution in [0.1, 0.15) is 13.8 Å². The second-order valence-corrected chi connectivity index (χ2v) is 3.30. The van der Waals surface area contributed by atoms with Crippen LogP contribution in [0.5, 0.6) is 5.75 Å². The first kappa shape index (κ1) is 11.8. The summed E-state index contributed by atoms with van der Waals surface area (Å²) >= 11 is 0. The van der Waals surface area contributed by atoms with Crippen LogP contribution in [0, 0.1) is 10.1 Å². The molecule has 0 N–H and O–H groups in total. The molecule has 7 nitrogen and oxygen atoms in total. The van der Waals surface area contributed by atoms with Gasteiger partial charge in [-0.2, -0.15) is 0 Å². The van der Waals surface area contributed by atoms with Crippen molar-refractivity contribution in [3.8, 4) is 5.75 Å². The zero-order valence-electron chi connectivity index (χ0n) is 8.82. The molecule has 0 aromatic heterocycles. The van der Waals surface area contributed by atoms with Gasteiger partial charge in [-0.3, -0.25) is 10.1 Å². The molecule has 1 aromatic rings. The first-order valence-electron chi connectivity index (χ1n) is 4.54. The summed E-state index contributed by atoms with van der Waals surface area (Å²) in [6, 6.07) is 3.93. The smallest absolute Gasteiger partial charge is 0.273 e. The summed E-state index contributed by atoms with van der Waals surface area (Å²) in [6.07, 6.45) is -0.110.